The number of anilines is 2. The van der Waals surface area contributed by atoms with Crippen LogP contribution >= 0.6 is 0 Å². The van der Waals surface area contributed by atoms with Crippen LogP contribution in [-0.4, -0.2) is 47.9 Å². The molecule has 3 aromatic rings. The van der Waals surface area contributed by atoms with Crippen LogP contribution in [-0.2, 0) is 11.2 Å². The molecule has 5 rings (SSSR count). The van der Waals surface area contributed by atoms with E-state index in [9.17, 15) is 9.59 Å². The van der Waals surface area contributed by atoms with Crippen LogP contribution < -0.4 is 10.2 Å². The summed E-state index contributed by atoms with van der Waals surface area (Å²) in [5.74, 6) is 0.982. The van der Waals surface area contributed by atoms with Crippen molar-refractivity contribution in [2.45, 2.75) is 20.3 Å². The molecule has 0 unspecified atom stereocenters. The van der Waals surface area contributed by atoms with Gasteiger partial charge in [-0.25, -0.2) is 4.98 Å². The maximum Gasteiger partial charge on any atom is 0.253 e. The number of nitrogens with zero attached hydrogens (tertiary/aromatic N) is 3. The number of fused-ring (bicyclic) bond motifs is 2. The van der Waals surface area contributed by atoms with Gasteiger partial charge in [0, 0.05) is 42.8 Å². The van der Waals surface area contributed by atoms with Gasteiger partial charge in [-0.3, -0.25) is 9.59 Å². The van der Waals surface area contributed by atoms with Crippen LogP contribution in [0.1, 0.15) is 27.0 Å². The number of rotatable bonds is 2. The molecule has 2 aromatic carbocycles. The number of amides is 2. The summed E-state index contributed by atoms with van der Waals surface area (Å²) < 4.78 is 0. The number of aryl methyl sites for hydroxylation is 2. The lowest BCUT2D eigenvalue weighted by atomic mass is 10.1. The SMILES string of the molecule is Cc1cc(N2CCN(C(=O)c3ccc4c(c3)CC(=O)N4)CC2)nc2c(C)cccc12. The summed E-state index contributed by atoms with van der Waals surface area (Å²) in [7, 11) is 0. The average Bonchev–Trinajstić information content (AvgIpc) is 3.13. The van der Waals surface area contributed by atoms with Crippen molar-refractivity contribution in [1.29, 1.82) is 0 Å². The molecule has 0 atom stereocenters. The predicted molar refractivity (Wildman–Crippen MR) is 118 cm³/mol. The van der Waals surface area contributed by atoms with E-state index in [0.717, 1.165) is 35.7 Å². The molecule has 1 N–H and O–H groups in total. The Hall–Kier alpha value is -3.41. The highest BCUT2D eigenvalue weighted by Crippen LogP contribution is 2.27. The Morgan fingerprint density at radius 2 is 1.80 bits per heavy atom. The minimum Gasteiger partial charge on any atom is -0.353 e. The Morgan fingerprint density at radius 1 is 1.00 bits per heavy atom. The van der Waals surface area contributed by atoms with E-state index < -0.39 is 0 Å². The normalized spacial score (nSPS) is 16.0. The van der Waals surface area contributed by atoms with Gasteiger partial charge in [0.1, 0.15) is 5.82 Å². The van der Waals surface area contributed by atoms with E-state index in [1.807, 2.05) is 17.0 Å². The highest BCUT2D eigenvalue weighted by molar-refractivity contribution is 6.01. The molecule has 6 heteroatoms. The highest BCUT2D eigenvalue weighted by atomic mass is 16.2. The number of benzene rings is 2. The van der Waals surface area contributed by atoms with Crippen molar-refractivity contribution in [3.63, 3.8) is 0 Å². The molecule has 0 spiro atoms. The minimum atomic E-state index is -0.0170. The van der Waals surface area contributed by atoms with E-state index in [0.29, 0.717) is 25.1 Å². The fourth-order valence-electron chi connectivity index (χ4n) is 4.39. The van der Waals surface area contributed by atoms with Gasteiger partial charge in [0.2, 0.25) is 5.91 Å². The summed E-state index contributed by atoms with van der Waals surface area (Å²) >= 11 is 0. The average molecular weight is 400 g/mol. The molecule has 2 amide bonds. The number of piperazine rings is 1. The molecule has 1 fully saturated rings. The van der Waals surface area contributed by atoms with Crippen LogP contribution in [0.2, 0.25) is 0 Å². The van der Waals surface area contributed by atoms with Crippen molar-refractivity contribution in [1.82, 2.24) is 9.88 Å². The van der Waals surface area contributed by atoms with Crippen LogP contribution in [0.4, 0.5) is 11.5 Å². The second kappa shape index (κ2) is 7.13. The Kier molecular flexibility index (Phi) is 4.42. The molecule has 3 heterocycles. The van der Waals surface area contributed by atoms with E-state index in [-0.39, 0.29) is 11.8 Å². The molecule has 2 aliphatic heterocycles. The molecular weight excluding hydrogens is 376 g/mol. The Balaban J connectivity index is 1.32. The van der Waals surface area contributed by atoms with Crippen LogP contribution in [0.5, 0.6) is 0 Å². The van der Waals surface area contributed by atoms with Crippen molar-refractivity contribution < 1.29 is 9.59 Å². The van der Waals surface area contributed by atoms with Gasteiger partial charge in [-0.2, -0.15) is 0 Å². The van der Waals surface area contributed by atoms with Gasteiger partial charge in [0.25, 0.3) is 5.91 Å². The Bertz CT molecular complexity index is 1180. The quantitative estimate of drug-likeness (QED) is 0.717. The standard InChI is InChI=1S/C24H24N4O2/c1-15-4-3-5-19-16(2)12-21(26-23(15)19)27-8-10-28(11-9-27)24(30)17-6-7-20-18(13-17)14-22(29)25-20/h3-7,12-13H,8-11,14H2,1-2H3,(H,25,29). The fraction of sp³-hybridized carbons (Fsp3) is 0.292. The monoisotopic (exact) mass is 400 g/mol. The lowest BCUT2D eigenvalue weighted by Crippen LogP contribution is -2.49. The van der Waals surface area contributed by atoms with Gasteiger partial charge in [-0.05, 0) is 54.8 Å². The van der Waals surface area contributed by atoms with Gasteiger partial charge in [-0.1, -0.05) is 18.2 Å². The molecule has 0 bridgehead atoms. The number of aromatic nitrogens is 1. The zero-order valence-electron chi connectivity index (χ0n) is 17.2. The summed E-state index contributed by atoms with van der Waals surface area (Å²) in [4.78, 5) is 33.6. The van der Waals surface area contributed by atoms with Crippen LogP contribution in [0.15, 0.2) is 42.5 Å². The first-order valence-corrected chi connectivity index (χ1v) is 10.3. The van der Waals surface area contributed by atoms with Crippen molar-refractivity contribution in [3.05, 3.63) is 64.7 Å². The Labute approximate surface area is 175 Å². The predicted octanol–water partition coefficient (Wildman–Crippen LogP) is 3.31. The molecule has 1 saturated heterocycles. The maximum atomic E-state index is 13.0. The highest BCUT2D eigenvalue weighted by Gasteiger charge is 2.25. The van der Waals surface area contributed by atoms with Crippen molar-refractivity contribution >= 4 is 34.2 Å². The van der Waals surface area contributed by atoms with Crippen molar-refractivity contribution in [2.75, 3.05) is 36.4 Å². The van der Waals surface area contributed by atoms with Crippen LogP contribution in [0.3, 0.4) is 0 Å². The molecule has 0 radical (unpaired) electrons. The van der Waals surface area contributed by atoms with E-state index in [4.69, 9.17) is 4.98 Å². The first-order valence-electron chi connectivity index (χ1n) is 10.3. The second-order valence-electron chi connectivity index (χ2n) is 8.14. The zero-order chi connectivity index (χ0) is 20.8. The van der Waals surface area contributed by atoms with Crippen molar-refractivity contribution in [2.24, 2.45) is 0 Å². The van der Waals surface area contributed by atoms with Crippen LogP contribution in [0, 0.1) is 13.8 Å². The first kappa shape index (κ1) is 18.6. The van der Waals surface area contributed by atoms with E-state index in [1.54, 1.807) is 6.07 Å². The largest absolute Gasteiger partial charge is 0.353 e. The first-order chi connectivity index (χ1) is 14.5. The van der Waals surface area contributed by atoms with Gasteiger partial charge in [0.15, 0.2) is 0 Å². The summed E-state index contributed by atoms with van der Waals surface area (Å²) in [6, 6.07) is 13.9. The number of hydrogen-bond donors (Lipinski definition) is 1. The molecule has 2 aliphatic rings. The zero-order valence-corrected chi connectivity index (χ0v) is 17.2. The maximum absolute atomic E-state index is 13.0. The van der Waals surface area contributed by atoms with Gasteiger partial charge < -0.3 is 15.1 Å². The third kappa shape index (κ3) is 3.18. The van der Waals surface area contributed by atoms with Gasteiger partial charge >= 0.3 is 0 Å². The van der Waals surface area contributed by atoms with E-state index >= 15 is 0 Å². The molecule has 30 heavy (non-hydrogen) atoms. The molecule has 6 nitrogen and oxygen atoms in total. The van der Waals surface area contributed by atoms with Gasteiger partial charge in [0.05, 0.1) is 11.9 Å². The molecule has 1 aromatic heterocycles. The minimum absolute atomic E-state index is 0.0170. The summed E-state index contributed by atoms with van der Waals surface area (Å²) in [6.07, 6.45) is 0.344. The number of pyridine rings is 1. The van der Waals surface area contributed by atoms with Crippen molar-refractivity contribution in [3.8, 4) is 0 Å². The lowest BCUT2D eigenvalue weighted by molar-refractivity contribution is -0.115. The summed E-state index contributed by atoms with van der Waals surface area (Å²) in [5.41, 5.74) is 5.81. The lowest BCUT2D eigenvalue weighted by Gasteiger charge is -2.35. The topological polar surface area (TPSA) is 65.5 Å². The number of nitrogens with one attached hydrogen (secondary N) is 1. The smallest absolute Gasteiger partial charge is 0.253 e. The Morgan fingerprint density at radius 3 is 2.60 bits per heavy atom. The van der Waals surface area contributed by atoms with Crippen LogP contribution in [0.25, 0.3) is 10.9 Å². The summed E-state index contributed by atoms with van der Waals surface area (Å²) in [6.45, 7) is 7.02. The molecule has 152 valence electrons. The van der Waals surface area contributed by atoms with Gasteiger partial charge in [-0.15, -0.1) is 0 Å². The number of carbonyl (C=O) groups excluding carboxylic acids is 2. The van der Waals surface area contributed by atoms with E-state index in [2.05, 4.69) is 48.3 Å². The molecular formula is C24H24N4O2. The molecule has 0 aliphatic carbocycles. The number of para-hydroxylation sites is 1. The number of hydrogen-bond acceptors (Lipinski definition) is 4. The molecule has 0 saturated carbocycles. The third-order valence-corrected chi connectivity index (χ3v) is 6.10. The second-order valence-corrected chi connectivity index (χ2v) is 8.14. The summed E-state index contributed by atoms with van der Waals surface area (Å²) in [5, 5.41) is 4.00. The third-order valence-electron chi connectivity index (χ3n) is 6.10. The van der Waals surface area contributed by atoms with E-state index in [1.165, 1.54) is 16.5 Å². The fourth-order valence-corrected chi connectivity index (χ4v) is 4.39. The number of carbonyl (C=O) groups is 2.